The molecule has 6 nitrogen and oxygen atoms in total. The van der Waals surface area contributed by atoms with Gasteiger partial charge in [-0.3, -0.25) is 14.4 Å². The Labute approximate surface area is 438 Å². The number of carbonyl (C=O) groups excluding carboxylic acids is 3. The maximum atomic E-state index is 12.9. The topological polar surface area (TPSA) is 78.9 Å². The molecule has 0 saturated heterocycles. The molecule has 0 rings (SSSR count). The van der Waals surface area contributed by atoms with Crippen LogP contribution in [-0.4, -0.2) is 37.2 Å². The zero-order chi connectivity index (χ0) is 50.7. The molecule has 0 heterocycles. The van der Waals surface area contributed by atoms with Gasteiger partial charge in [-0.2, -0.15) is 0 Å². The summed E-state index contributed by atoms with van der Waals surface area (Å²) in [4.78, 5) is 38.3. The van der Waals surface area contributed by atoms with Crippen molar-refractivity contribution in [2.75, 3.05) is 13.2 Å². The van der Waals surface area contributed by atoms with E-state index in [-0.39, 0.29) is 31.1 Å². The second kappa shape index (κ2) is 60.0. The lowest BCUT2D eigenvalue weighted by Gasteiger charge is -2.18. The summed E-state index contributed by atoms with van der Waals surface area (Å²) in [5.41, 5.74) is 0. The Balaban J connectivity index is 4.28. The summed E-state index contributed by atoms with van der Waals surface area (Å²) >= 11 is 0. The number of ether oxygens (including phenoxy) is 3. The number of hydrogen-bond acceptors (Lipinski definition) is 6. The zero-order valence-corrected chi connectivity index (χ0v) is 47.8. The highest BCUT2D eigenvalue weighted by atomic mass is 16.6. The molecule has 0 bridgehead atoms. The average Bonchev–Trinajstić information content (AvgIpc) is 3.36. The molecule has 0 N–H and O–H groups in total. The molecule has 0 unspecified atom stereocenters. The summed E-state index contributed by atoms with van der Waals surface area (Å²) in [5, 5.41) is 0. The maximum Gasteiger partial charge on any atom is 0.306 e. The normalized spacial score (nSPS) is 11.9. The third-order valence-corrected chi connectivity index (χ3v) is 14.9. The Bertz CT molecular complexity index is 1040. The standard InChI is InChI=1S/C64H124O6/c1-4-7-10-13-16-19-22-25-28-31-33-36-39-42-45-48-51-54-57-63(66)69-60-61(59-68-62(65)56-53-50-47-44-41-38-35-30-27-24-21-18-15-12-9-6-3)70-64(67)58-55-52-49-46-43-40-37-34-32-29-26-23-20-17-14-11-8-5-2/h61H,4-60H2,1-3H3/t61-/m1/s1. The number of unbranched alkanes of at least 4 members (excludes halogenated alkanes) is 49. The fourth-order valence-electron chi connectivity index (χ4n) is 10.0. The summed E-state index contributed by atoms with van der Waals surface area (Å²) in [5.74, 6) is -0.824. The van der Waals surface area contributed by atoms with Crippen LogP contribution in [0.5, 0.6) is 0 Å². The maximum absolute atomic E-state index is 12.9. The van der Waals surface area contributed by atoms with Crippen molar-refractivity contribution in [3.05, 3.63) is 0 Å². The van der Waals surface area contributed by atoms with E-state index in [1.807, 2.05) is 0 Å². The third kappa shape index (κ3) is 57.3. The molecule has 0 aromatic heterocycles. The molecule has 0 radical (unpaired) electrons. The van der Waals surface area contributed by atoms with Gasteiger partial charge in [0.1, 0.15) is 13.2 Å². The first-order chi connectivity index (χ1) is 34.5. The molecule has 0 aliphatic heterocycles. The molecule has 0 spiro atoms. The summed E-state index contributed by atoms with van der Waals surface area (Å²) in [7, 11) is 0. The van der Waals surface area contributed by atoms with E-state index in [9.17, 15) is 14.4 Å². The van der Waals surface area contributed by atoms with Gasteiger partial charge in [-0.25, -0.2) is 0 Å². The van der Waals surface area contributed by atoms with Crippen molar-refractivity contribution in [2.45, 2.75) is 380 Å². The summed E-state index contributed by atoms with van der Waals surface area (Å²) in [6.07, 6.45) is 68.2. The van der Waals surface area contributed by atoms with Crippen molar-refractivity contribution in [3.8, 4) is 0 Å². The van der Waals surface area contributed by atoms with Gasteiger partial charge in [0, 0.05) is 19.3 Å². The lowest BCUT2D eigenvalue weighted by atomic mass is 10.0. The quantitative estimate of drug-likeness (QED) is 0.0343. The minimum absolute atomic E-state index is 0.0604. The molecule has 6 heteroatoms. The van der Waals surface area contributed by atoms with E-state index in [0.717, 1.165) is 57.8 Å². The lowest BCUT2D eigenvalue weighted by molar-refractivity contribution is -0.167. The van der Waals surface area contributed by atoms with Crippen LogP contribution in [0, 0.1) is 0 Å². The van der Waals surface area contributed by atoms with Gasteiger partial charge in [-0.15, -0.1) is 0 Å². The van der Waals surface area contributed by atoms with Crippen LogP contribution in [0.25, 0.3) is 0 Å². The molecule has 416 valence electrons. The van der Waals surface area contributed by atoms with E-state index in [1.165, 1.54) is 276 Å². The van der Waals surface area contributed by atoms with E-state index < -0.39 is 6.10 Å². The van der Waals surface area contributed by atoms with Gasteiger partial charge in [0.05, 0.1) is 0 Å². The van der Waals surface area contributed by atoms with Crippen LogP contribution in [-0.2, 0) is 28.6 Å². The van der Waals surface area contributed by atoms with Crippen molar-refractivity contribution >= 4 is 17.9 Å². The first kappa shape index (κ1) is 68.4. The first-order valence-corrected chi connectivity index (χ1v) is 32.0. The highest BCUT2D eigenvalue weighted by molar-refractivity contribution is 5.71. The summed E-state index contributed by atoms with van der Waals surface area (Å²) in [6.45, 7) is 6.73. The molecular formula is C64H124O6. The highest BCUT2D eigenvalue weighted by Gasteiger charge is 2.19. The average molecular weight is 990 g/mol. The molecule has 0 saturated carbocycles. The summed E-state index contributed by atoms with van der Waals surface area (Å²) in [6, 6.07) is 0. The monoisotopic (exact) mass is 989 g/mol. The number of carbonyl (C=O) groups is 3. The predicted molar refractivity (Wildman–Crippen MR) is 303 cm³/mol. The van der Waals surface area contributed by atoms with Crippen LogP contribution in [0.4, 0.5) is 0 Å². The van der Waals surface area contributed by atoms with E-state index >= 15 is 0 Å². The van der Waals surface area contributed by atoms with Crippen molar-refractivity contribution in [2.24, 2.45) is 0 Å². The number of hydrogen-bond donors (Lipinski definition) is 0. The fourth-order valence-corrected chi connectivity index (χ4v) is 10.0. The van der Waals surface area contributed by atoms with Gasteiger partial charge in [0.15, 0.2) is 6.10 Å². The van der Waals surface area contributed by atoms with Crippen molar-refractivity contribution in [3.63, 3.8) is 0 Å². The predicted octanol–water partition coefficient (Wildman–Crippen LogP) is 21.5. The largest absolute Gasteiger partial charge is 0.462 e. The number of rotatable bonds is 60. The molecule has 1 atom stereocenters. The number of esters is 3. The Morgan fingerprint density at radius 2 is 0.386 bits per heavy atom. The van der Waals surface area contributed by atoms with Gasteiger partial charge in [-0.1, -0.05) is 335 Å². The highest BCUT2D eigenvalue weighted by Crippen LogP contribution is 2.19. The van der Waals surface area contributed by atoms with E-state index in [2.05, 4.69) is 20.8 Å². The van der Waals surface area contributed by atoms with Crippen LogP contribution in [0.2, 0.25) is 0 Å². The minimum atomic E-state index is -0.762. The third-order valence-electron chi connectivity index (χ3n) is 14.9. The van der Waals surface area contributed by atoms with Crippen LogP contribution in [0.15, 0.2) is 0 Å². The van der Waals surface area contributed by atoms with Gasteiger partial charge in [0.2, 0.25) is 0 Å². The second-order valence-electron chi connectivity index (χ2n) is 22.1. The van der Waals surface area contributed by atoms with Gasteiger partial charge < -0.3 is 14.2 Å². The van der Waals surface area contributed by atoms with Crippen molar-refractivity contribution in [1.29, 1.82) is 0 Å². The molecule has 0 fully saturated rings. The van der Waals surface area contributed by atoms with E-state index in [0.29, 0.717) is 19.3 Å². The second-order valence-corrected chi connectivity index (χ2v) is 22.1. The van der Waals surface area contributed by atoms with E-state index in [4.69, 9.17) is 14.2 Å². The molecule has 0 aromatic rings. The fraction of sp³-hybridized carbons (Fsp3) is 0.953. The molecule has 0 amide bonds. The van der Waals surface area contributed by atoms with Crippen molar-refractivity contribution in [1.82, 2.24) is 0 Å². The SMILES string of the molecule is CCCCCCCCCCCCCCCCCCCCC(=O)OC[C@@H](COC(=O)CCCCCCCCCCCCCCCCCC)OC(=O)CCCCCCCCCCCCCCCCCCCC. The smallest absolute Gasteiger partial charge is 0.306 e. The summed E-state index contributed by atoms with van der Waals surface area (Å²) < 4.78 is 17.0. The Morgan fingerprint density at radius 3 is 0.571 bits per heavy atom. The van der Waals surface area contributed by atoms with E-state index in [1.54, 1.807) is 0 Å². The zero-order valence-electron chi connectivity index (χ0n) is 47.8. The van der Waals surface area contributed by atoms with Crippen molar-refractivity contribution < 1.29 is 28.6 Å². The van der Waals surface area contributed by atoms with Gasteiger partial charge in [0.25, 0.3) is 0 Å². The lowest BCUT2D eigenvalue weighted by Crippen LogP contribution is -2.30. The van der Waals surface area contributed by atoms with Crippen LogP contribution >= 0.6 is 0 Å². The Kier molecular flexibility index (Phi) is 58.6. The molecule has 0 aromatic carbocycles. The van der Waals surface area contributed by atoms with Gasteiger partial charge in [-0.05, 0) is 19.3 Å². The van der Waals surface area contributed by atoms with Crippen LogP contribution in [0.1, 0.15) is 374 Å². The molecule has 0 aliphatic carbocycles. The molecule has 0 aliphatic rings. The Hall–Kier alpha value is -1.59. The molecular weight excluding hydrogens is 865 g/mol. The molecule has 70 heavy (non-hydrogen) atoms. The van der Waals surface area contributed by atoms with Crippen LogP contribution < -0.4 is 0 Å². The first-order valence-electron chi connectivity index (χ1n) is 32.0. The minimum Gasteiger partial charge on any atom is -0.462 e. The Morgan fingerprint density at radius 1 is 0.229 bits per heavy atom. The van der Waals surface area contributed by atoms with Gasteiger partial charge >= 0.3 is 17.9 Å². The van der Waals surface area contributed by atoms with Crippen LogP contribution in [0.3, 0.4) is 0 Å².